The molecule has 4 nitrogen and oxygen atoms in total. The monoisotopic (exact) mass is 292 g/mol. The molecule has 0 radical (unpaired) electrons. The first kappa shape index (κ1) is 16.3. The highest BCUT2D eigenvalue weighted by Gasteiger charge is 2.33. The van der Waals surface area contributed by atoms with Crippen molar-refractivity contribution in [3.63, 3.8) is 0 Å². The van der Waals surface area contributed by atoms with Gasteiger partial charge >= 0.3 is 0 Å². The van der Waals surface area contributed by atoms with Crippen molar-refractivity contribution in [3.8, 4) is 5.75 Å². The molecule has 118 valence electrons. The largest absolute Gasteiger partial charge is 0.491 e. The van der Waals surface area contributed by atoms with Gasteiger partial charge in [0.05, 0.1) is 12.7 Å². The van der Waals surface area contributed by atoms with E-state index in [2.05, 4.69) is 17.0 Å². The summed E-state index contributed by atoms with van der Waals surface area (Å²) in [5.41, 5.74) is 7.31. The molecule has 1 aliphatic rings. The van der Waals surface area contributed by atoms with E-state index in [1.807, 2.05) is 26.0 Å². The maximum atomic E-state index is 6.05. The number of ether oxygens (including phenoxy) is 2. The Morgan fingerprint density at radius 2 is 1.90 bits per heavy atom. The average Bonchev–Trinajstić information content (AvgIpc) is 3.28. The maximum Gasteiger partial charge on any atom is 0.119 e. The normalized spacial score (nSPS) is 16.5. The number of rotatable bonds is 9. The molecule has 1 saturated carbocycles. The van der Waals surface area contributed by atoms with Gasteiger partial charge in [-0.2, -0.15) is 0 Å². The van der Waals surface area contributed by atoms with Gasteiger partial charge in [-0.25, -0.2) is 0 Å². The molecular formula is C17H28N2O2. The highest BCUT2D eigenvalue weighted by Crippen LogP contribution is 2.34. The van der Waals surface area contributed by atoms with E-state index < -0.39 is 0 Å². The van der Waals surface area contributed by atoms with Gasteiger partial charge in [0.15, 0.2) is 0 Å². The van der Waals surface area contributed by atoms with E-state index in [-0.39, 0.29) is 12.1 Å². The van der Waals surface area contributed by atoms with E-state index >= 15 is 0 Å². The Morgan fingerprint density at radius 3 is 2.38 bits per heavy atom. The molecule has 1 atom stereocenters. The molecule has 0 aromatic heterocycles. The van der Waals surface area contributed by atoms with Crippen LogP contribution in [0.15, 0.2) is 24.3 Å². The minimum absolute atomic E-state index is 0.200. The Labute approximate surface area is 128 Å². The fourth-order valence-electron chi connectivity index (χ4n) is 2.70. The van der Waals surface area contributed by atoms with Crippen LogP contribution in [0.4, 0.5) is 0 Å². The predicted molar refractivity (Wildman–Crippen MR) is 85.6 cm³/mol. The zero-order valence-electron chi connectivity index (χ0n) is 13.4. The van der Waals surface area contributed by atoms with Crippen LogP contribution in [-0.4, -0.2) is 43.9 Å². The van der Waals surface area contributed by atoms with Crippen LogP contribution in [0.1, 0.15) is 38.3 Å². The smallest absolute Gasteiger partial charge is 0.119 e. The summed E-state index contributed by atoms with van der Waals surface area (Å²) in [4.78, 5) is 2.49. The van der Waals surface area contributed by atoms with E-state index in [1.165, 1.54) is 18.4 Å². The van der Waals surface area contributed by atoms with Crippen molar-refractivity contribution in [1.82, 2.24) is 4.90 Å². The SMILES string of the molecule is COCCN(C1CC1)C(CN)c1ccc(OC(C)C)cc1. The summed E-state index contributed by atoms with van der Waals surface area (Å²) in [6.07, 6.45) is 2.74. The van der Waals surface area contributed by atoms with E-state index in [0.717, 1.165) is 18.9 Å². The minimum Gasteiger partial charge on any atom is -0.491 e. The van der Waals surface area contributed by atoms with Crippen molar-refractivity contribution >= 4 is 0 Å². The van der Waals surface area contributed by atoms with Crippen molar-refractivity contribution < 1.29 is 9.47 Å². The Morgan fingerprint density at radius 1 is 1.24 bits per heavy atom. The average molecular weight is 292 g/mol. The highest BCUT2D eigenvalue weighted by molar-refractivity contribution is 5.30. The van der Waals surface area contributed by atoms with Crippen molar-refractivity contribution in [3.05, 3.63) is 29.8 Å². The molecule has 2 rings (SSSR count). The van der Waals surface area contributed by atoms with Gasteiger partial charge in [-0.15, -0.1) is 0 Å². The number of hydrogen-bond donors (Lipinski definition) is 1. The topological polar surface area (TPSA) is 47.7 Å². The lowest BCUT2D eigenvalue weighted by Crippen LogP contribution is -2.37. The quantitative estimate of drug-likeness (QED) is 0.760. The molecule has 4 heteroatoms. The van der Waals surface area contributed by atoms with Crippen molar-refractivity contribution in [2.45, 2.75) is 44.9 Å². The molecule has 1 aliphatic carbocycles. The first-order valence-electron chi connectivity index (χ1n) is 7.87. The van der Waals surface area contributed by atoms with Crippen molar-refractivity contribution in [2.75, 3.05) is 26.8 Å². The van der Waals surface area contributed by atoms with Gasteiger partial charge < -0.3 is 15.2 Å². The molecule has 1 fully saturated rings. The molecule has 0 aliphatic heterocycles. The molecule has 0 bridgehead atoms. The Balaban J connectivity index is 2.07. The summed E-state index contributed by atoms with van der Waals surface area (Å²) in [5.74, 6) is 0.916. The van der Waals surface area contributed by atoms with Gasteiger partial charge in [-0.1, -0.05) is 12.1 Å². The highest BCUT2D eigenvalue weighted by atomic mass is 16.5. The molecule has 0 saturated heterocycles. The molecule has 21 heavy (non-hydrogen) atoms. The Bertz CT molecular complexity index is 415. The van der Waals surface area contributed by atoms with E-state index in [0.29, 0.717) is 12.6 Å². The van der Waals surface area contributed by atoms with Gasteiger partial charge in [-0.05, 0) is 44.4 Å². The zero-order valence-corrected chi connectivity index (χ0v) is 13.4. The minimum atomic E-state index is 0.200. The zero-order chi connectivity index (χ0) is 15.2. The van der Waals surface area contributed by atoms with E-state index in [4.69, 9.17) is 15.2 Å². The van der Waals surface area contributed by atoms with Crippen LogP contribution in [0.3, 0.4) is 0 Å². The van der Waals surface area contributed by atoms with Gasteiger partial charge in [0.1, 0.15) is 5.75 Å². The molecule has 1 unspecified atom stereocenters. The van der Waals surface area contributed by atoms with Crippen LogP contribution in [0.25, 0.3) is 0 Å². The molecule has 0 spiro atoms. The summed E-state index contributed by atoms with van der Waals surface area (Å²) in [6, 6.07) is 9.29. The number of nitrogens with two attached hydrogens (primary N) is 1. The van der Waals surface area contributed by atoms with E-state index in [9.17, 15) is 0 Å². The third-order valence-corrected chi connectivity index (χ3v) is 3.83. The Hall–Kier alpha value is -1.10. The molecule has 1 aromatic rings. The molecular weight excluding hydrogens is 264 g/mol. The molecule has 2 N–H and O–H groups in total. The van der Waals surface area contributed by atoms with Crippen LogP contribution in [-0.2, 0) is 4.74 Å². The summed E-state index contributed by atoms with van der Waals surface area (Å²) >= 11 is 0. The summed E-state index contributed by atoms with van der Waals surface area (Å²) in [7, 11) is 1.75. The first-order valence-corrected chi connectivity index (χ1v) is 7.87. The third-order valence-electron chi connectivity index (χ3n) is 3.83. The second kappa shape index (κ2) is 7.78. The Kier molecular flexibility index (Phi) is 6.03. The van der Waals surface area contributed by atoms with Crippen LogP contribution < -0.4 is 10.5 Å². The fourth-order valence-corrected chi connectivity index (χ4v) is 2.70. The van der Waals surface area contributed by atoms with E-state index in [1.54, 1.807) is 7.11 Å². The van der Waals surface area contributed by atoms with Gasteiger partial charge in [0.2, 0.25) is 0 Å². The van der Waals surface area contributed by atoms with Crippen LogP contribution in [0, 0.1) is 0 Å². The maximum absolute atomic E-state index is 6.05. The molecule has 0 heterocycles. The van der Waals surface area contributed by atoms with Gasteiger partial charge in [-0.3, -0.25) is 4.90 Å². The number of benzene rings is 1. The lowest BCUT2D eigenvalue weighted by molar-refractivity contribution is 0.115. The summed E-state index contributed by atoms with van der Waals surface area (Å²) in [5, 5.41) is 0. The predicted octanol–water partition coefficient (Wildman–Crippen LogP) is 2.58. The fraction of sp³-hybridized carbons (Fsp3) is 0.647. The second-order valence-corrected chi connectivity index (χ2v) is 5.95. The van der Waals surface area contributed by atoms with Crippen LogP contribution >= 0.6 is 0 Å². The summed E-state index contributed by atoms with van der Waals surface area (Å²) < 4.78 is 10.9. The van der Waals surface area contributed by atoms with Gasteiger partial charge in [0, 0.05) is 32.3 Å². The third kappa shape index (κ3) is 4.70. The lowest BCUT2D eigenvalue weighted by atomic mass is 10.0. The van der Waals surface area contributed by atoms with Crippen molar-refractivity contribution in [1.29, 1.82) is 0 Å². The number of nitrogens with zero attached hydrogens (tertiary/aromatic N) is 1. The van der Waals surface area contributed by atoms with Crippen LogP contribution in [0.2, 0.25) is 0 Å². The number of methoxy groups -OCH3 is 1. The number of hydrogen-bond acceptors (Lipinski definition) is 4. The van der Waals surface area contributed by atoms with Crippen LogP contribution in [0.5, 0.6) is 5.75 Å². The lowest BCUT2D eigenvalue weighted by Gasteiger charge is -2.31. The van der Waals surface area contributed by atoms with Crippen molar-refractivity contribution in [2.24, 2.45) is 5.73 Å². The standard InChI is InChI=1S/C17H28N2O2/c1-13(2)21-16-8-4-14(5-9-16)17(12-18)19(10-11-20-3)15-6-7-15/h4-5,8-9,13,15,17H,6-7,10-12,18H2,1-3H3. The second-order valence-electron chi connectivity index (χ2n) is 5.95. The summed E-state index contributed by atoms with van der Waals surface area (Å²) in [6.45, 7) is 6.39. The van der Waals surface area contributed by atoms with Gasteiger partial charge in [0.25, 0.3) is 0 Å². The first-order chi connectivity index (χ1) is 10.2. The molecule has 1 aromatic carbocycles. The molecule has 0 amide bonds.